The molecule has 1 saturated carbocycles. The molecule has 0 bridgehead atoms. The Morgan fingerprint density at radius 1 is 1.05 bits per heavy atom. The average Bonchev–Trinajstić information content (AvgIpc) is 3.57. The van der Waals surface area contributed by atoms with E-state index in [1.165, 1.54) is 12.0 Å². The van der Waals surface area contributed by atoms with Crippen LogP contribution in [0, 0.1) is 0 Å². The van der Waals surface area contributed by atoms with Crippen LogP contribution in [0.15, 0.2) is 60.7 Å². The van der Waals surface area contributed by atoms with Crippen molar-refractivity contribution < 1.29 is 23.9 Å². The van der Waals surface area contributed by atoms with Crippen LogP contribution in [0.25, 0.3) is 11.1 Å². The zero-order valence-corrected chi connectivity index (χ0v) is 22.7. The number of carbonyl (C=O) groups is 3. The van der Waals surface area contributed by atoms with Gasteiger partial charge in [0.25, 0.3) is 5.91 Å². The van der Waals surface area contributed by atoms with Crippen molar-refractivity contribution in [3.63, 3.8) is 0 Å². The van der Waals surface area contributed by atoms with E-state index in [9.17, 15) is 14.4 Å². The maximum absolute atomic E-state index is 13.5. The molecule has 2 N–H and O–H groups in total. The molecule has 0 spiro atoms. The largest absolute Gasteiger partial charge is 0.448 e. The van der Waals surface area contributed by atoms with Crippen LogP contribution < -0.4 is 10.6 Å². The first-order chi connectivity index (χ1) is 18.9. The molecule has 206 valence electrons. The highest BCUT2D eigenvalue weighted by atomic mass is 16.6. The monoisotopic (exact) mass is 531 g/mol. The fraction of sp³-hybridized carbons (Fsp3) is 0.452. The van der Waals surface area contributed by atoms with E-state index in [0.29, 0.717) is 12.8 Å². The molecule has 1 aliphatic heterocycles. The Hall–Kier alpha value is -3.65. The molecule has 5 rings (SSSR count). The quantitative estimate of drug-likeness (QED) is 0.449. The zero-order chi connectivity index (χ0) is 27.5. The van der Waals surface area contributed by atoms with Gasteiger partial charge in [0, 0.05) is 25.6 Å². The van der Waals surface area contributed by atoms with Crippen LogP contribution in [0.5, 0.6) is 0 Å². The molecule has 1 unspecified atom stereocenters. The lowest BCUT2D eigenvalue weighted by Gasteiger charge is -2.29. The number of hydrogen-bond donors (Lipinski definition) is 2. The number of amides is 3. The van der Waals surface area contributed by atoms with E-state index in [0.717, 1.165) is 47.1 Å². The summed E-state index contributed by atoms with van der Waals surface area (Å²) in [6.07, 6.45) is 2.26. The van der Waals surface area contributed by atoms with Gasteiger partial charge in [0.1, 0.15) is 12.6 Å². The zero-order valence-electron chi connectivity index (χ0n) is 22.7. The van der Waals surface area contributed by atoms with Gasteiger partial charge in [-0.15, -0.1) is 0 Å². The summed E-state index contributed by atoms with van der Waals surface area (Å²) in [4.78, 5) is 41.0. The van der Waals surface area contributed by atoms with E-state index in [2.05, 4.69) is 41.5 Å². The van der Waals surface area contributed by atoms with Gasteiger partial charge < -0.3 is 20.1 Å². The van der Waals surface area contributed by atoms with Crippen molar-refractivity contribution in [1.29, 1.82) is 0 Å². The molecule has 1 saturated heterocycles. The highest BCUT2D eigenvalue weighted by Gasteiger charge is 2.40. The fourth-order valence-corrected chi connectivity index (χ4v) is 5.76. The maximum Gasteiger partial charge on any atom is 0.410 e. The highest BCUT2D eigenvalue weighted by Crippen LogP contribution is 2.44. The average molecular weight is 532 g/mol. The van der Waals surface area contributed by atoms with Crippen molar-refractivity contribution in [1.82, 2.24) is 15.5 Å². The van der Waals surface area contributed by atoms with Gasteiger partial charge in [-0.1, -0.05) is 74.0 Å². The van der Waals surface area contributed by atoms with Crippen molar-refractivity contribution >= 4 is 17.9 Å². The molecule has 8 nitrogen and oxygen atoms in total. The van der Waals surface area contributed by atoms with E-state index in [4.69, 9.17) is 9.47 Å². The molecule has 2 fully saturated rings. The number of methoxy groups -OCH3 is 1. The third-order valence-electron chi connectivity index (χ3n) is 7.85. The van der Waals surface area contributed by atoms with Gasteiger partial charge >= 0.3 is 6.09 Å². The first-order valence-electron chi connectivity index (χ1n) is 13.8. The standard InChI is InChI=1S/C31H37N3O5/c1-4-9-26(28(38-3)30(36)32-20-14-15-20)33-29(35)27-16-19(2)17-34(27)31(37)39-18-25-23-12-7-5-10-21(23)22-11-6-8-13-24(22)25/h5-8,10-13,20,25-28H,2,4,9,14-18H2,1,3H3,(H,32,36)(H,33,35)/t26-,27+,28?/m1/s1. The van der Waals surface area contributed by atoms with Crippen molar-refractivity contribution in [2.24, 2.45) is 0 Å². The first-order valence-corrected chi connectivity index (χ1v) is 13.8. The molecular formula is C31H37N3O5. The predicted octanol–water partition coefficient (Wildman–Crippen LogP) is 4.14. The van der Waals surface area contributed by atoms with Gasteiger partial charge in [-0.2, -0.15) is 0 Å². The number of benzene rings is 2. The Bertz CT molecular complexity index is 1210. The van der Waals surface area contributed by atoms with Crippen molar-refractivity contribution in [3.05, 3.63) is 71.8 Å². The fourth-order valence-electron chi connectivity index (χ4n) is 5.76. The van der Waals surface area contributed by atoms with E-state index in [1.54, 1.807) is 0 Å². The lowest BCUT2D eigenvalue weighted by Crippen LogP contribution is -2.55. The topological polar surface area (TPSA) is 97.0 Å². The summed E-state index contributed by atoms with van der Waals surface area (Å²) in [5.41, 5.74) is 5.35. The Kier molecular flexibility index (Phi) is 8.02. The van der Waals surface area contributed by atoms with Gasteiger partial charge in [0.15, 0.2) is 6.10 Å². The molecule has 2 aromatic carbocycles. The summed E-state index contributed by atoms with van der Waals surface area (Å²) in [6.45, 7) is 6.45. The van der Waals surface area contributed by atoms with Crippen LogP contribution in [0.4, 0.5) is 4.79 Å². The second-order valence-electron chi connectivity index (χ2n) is 10.7. The number of carbonyl (C=O) groups excluding carboxylic acids is 3. The normalized spacial score (nSPS) is 19.7. The molecule has 39 heavy (non-hydrogen) atoms. The Morgan fingerprint density at radius 2 is 1.69 bits per heavy atom. The van der Waals surface area contributed by atoms with Crippen molar-refractivity contribution in [2.75, 3.05) is 20.3 Å². The number of ether oxygens (including phenoxy) is 2. The summed E-state index contributed by atoms with van der Waals surface area (Å²) >= 11 is 0. The Morgan fingerprint density at radius 3 is 2.28 bits per heavy atom. The van der Waals surface area contributed by atoms with Gasteiger partial charge in [0.2, 0.25) is 5.91 Å². The van der Waals surface area contributed by atoms with Gasteiger partial charge in [-0.3, -0.25) is 14.5 Å². The van der Waals surface area contributed by atoms with Crippen LogP contribution >= 0.6 is 0 Å². The number of fused-ring (bicyclic) bond motifs is 3. The van der Waals surface area contributed by atoms with E-state index in [-0.39, 0.29) is 36.9 Å². The highest BCUT2D eigenvalue weighted by molar-refractivity contribution is 5.89. The summed E-state index contributed by atoms with van der Waals surface area (Å²) < 4.78 is 11.4. The number of hydrogen-bond acceptors (Lipinski definition) is 5. The maximum atomic E-state index is 13.5. The van der Waals surface area contributed by atoms with Crippen LogP contribution in [0.1, 0.15) is 56.1 Å². The predicted molar refractivity (Wildman–Crippen MR) is 148 cm³/mol. The summed E-state index contributed by atoms with van der Waals surface area (Å²) in [6, 6.07) is 15.3. The number of likely N-dealkylation sites (tertiary alicyclic amines) is 1. The van der Waals surface area contributed by atoms with Gasteiger partial charge in [-0.25, -0.2) is 4.79 Å². The van der Waals surface area contributed by atoms with Gasteiger partial charge in [0.05, 0.1) is 6.04 Å². The summed E-state index contributed by atoms with van der Waals surface area (Å²) in [5.74, 6) is -0.620. The molecule has 3 amide bonds. The number of rotatable bonds is 10. The van der Waals surface area contributed by atoms with E-state index < -0.39 is 24.3 Å². The van der Waals surface area contributed by atoms with Crippen LogP contribution in [-0.4, -0.2) is 67.3 Å². The molecule has 2 aromatic rings. The summed E-state index contributed by atoms with van der Waals surface area (Å²) in [5, 5.41) is 5.96. The minimum atomic E-state index is -0.804. The lowest BCUT2D eigenvalue weighted by atomic mass is 9.98. The minimum absolute atomic E-state index is 0.0687. The smallest absolute Gasteiger partial charge is 0.410 e. The van der Waals surface area contributed by atoms with Crippen LogP contribution in [0.2, 0.25) is 0 Å². The SMILES string of the molecule is C=C1C[C@@H](C(=O)N[C@H](CCC)C(OC)C(=O)NC2CC2)N(C(=O)OCC2c3ccccc3-c3ccccc32)C1. The second-order valence-corrected chi connectivity index (χ2v) is 10.7. The lowest BCUT2D eigenvalue weighted by molar-refractivity contribution is -0.135. The molecule has 2 aliphatic carbocycles. The van der Waals surface area contributed by atoms with Crippen molar-refractivity contribution in [3.8, 4) is 11.1 Å². The first kappa shape index (κ1) is 26.9. The Balaban J connectivity index is 1.26. The third kappa shape index (κ3) is 5.71. The molecule has 3 aliphatic rings. The molecule has 1 heterocycles. The van der Waals surface area contributed by atoms with Crippen LogP contribution in [-0.2, 0) is 19.1 Å². The minimum Gasteiger partial charge on any atom is -0.448 e. The molecule has 8 heteroatoms. The molecular weight excluding hydrogens is 494 g/mol. The number of nitrogens with zero attached hydrogens (tertiary/aromatic N) is 1. The molecule has 3 atom stereocenters. The van der Waals surface area contributed by atoms with E-state index in [1.807, 2.05) is 31.2 Å². The molecule has 0 radical (unpaired) electrons. The number of nitrogens with one attached hydrogen (secondary N) is 2. The van der Waals surface area contributed by atoms with Crippen LogP contribution in [0.3, 0.4) is 0 Å². The summed E-state index contributed by atoms with van der Waals surface area (Å²) in [7, 11) is 1.48. The Labute approximate surface area is 229 Å². The molecule has 0 aromatic heterocycles. The van der Waals surface area contributed by atoms with Crippen molar-refractivity contribution in [2.45, 2.75) is 69.2 Å². The van der Waals surface area contributed by atoms with Gasteiger partial charge in [-0.05, 0) is 47.9 Å². The van der Waals surface area contributed by atoms with E-state index >= 15 is 0 Å². The second kappa shape index (κ2) is 11.6. The third-order valence-corrected chi connectivity index (χ3v) is 7.85.